The van der Waals surface area contributed by atoms with Crippen LogP contribution in [0.2, 0.25) is 0 Å². The van der Waals surface area contributed by atoms with E-state index >= 15 is 0 Å². The summed E-state index contributed by atoms with van der Waals surface area (Å²) in [5, 5.41) is 0.978. The first-order valence-electron chi connectivity index (χ1n) is 10.4. The molecule has 0 aliphatic heterocycles. The van der Waals surface area contributed by atoms with Crippen molar-refractivity contribution >= 4 is 25.6 Å². The number of ether oxygens (including phenoxy) is 2. The molecule has 172 valence electrons. The molecule has 0 bridgehead atoms. The summed E-state index contributed by atoms with van der Waals surface area (Å²) in [4.78, 5) is 0. The highest BCUT2D eigenvalue weighted by molar-refractivity contribution is 7.66. The normalized spacial score (nSPS) is 13.5. The molecule has 0 saturated heterocycles. The maximum absolute atomic E-state index is 13.1. The van der Waals surface area contributed by atoms with Crippen molar-refractivity contribution in [1.82, 2.24) is 0 Å². The van der Waals surface area contributed by atoms with Crippen LogP contribution in [-0.2, 0) is 22.7 Å². The number of hydrogen-bond donors (Lipinski definition) is 0. The first-order chi connectivity index (χ1) is 14.9. The molecular weight excluding hydrogens is 438 g/mol. The fourth-order valence-corrected chi connectivity index (χ4v) is 6.21. The number of para-hydroxylation sites is 2. The SMILES string of the molecule is CCOP(C)(=O)c1ccccc1OCCCOc1ccccc1P(=O)(OCC)OCC. The first-order valence-corrected chi connectivity index (χ1v) is 14.0. The molecule has 0 spiro atoms. The summed E-state index contributed by atoms with van der Waals surface area (Å²) in [6.45, 7) is 8.54. The van der Waals surface area contributed by atoms with Gasteiger partial charge in [0.15, 0.2) is 0 Å². The second-order valence-electron chi connectivity index (χ2n) is 6.58. The highest BCUT2D eigenvalue weighted by atomic mass is 31.2. The summed E-state index contributed by atoms with van der Waals surface area (Å²) >= 11 is 0. The fraction of sp³-hybridized carbons (Fsp3) is 0.455. The Kier molecular flexibility index (Phi) is 10.3. The lowest BCUT2D eigenvalue weighted by molar-refractivity contribution is 0.227. The van der Waals surface area contributed by atoms with Crippen molar-refractivity contribution in [3.8, 4) is 11.5 Å². The van der Waals surface area contributed by atoms with Crippen molar-refractivity contribution in [1.29, 1.82) is 0 Å². The van der Waals surface area contributed by atoms with Crippen LogP contribution in [0, 0.1) is 0 Å². The van der Waals surface area contributed by atoms with E-state index in [-0.39, 0.29) is 13.2 Å². The van der Waals surface area contributed by atoms with E-state index in [0.717, 1.165) is 0 Å². The lowest BCUT2D eigenvalue weighted by atomic mass is 10.3. The van der Waals surface area contributed by atoms with E-state index in [1.807, 2.05) is 19.1 Å². The highest BCUT2D eigenvalue weighted by Crippen LogP contribution is 2.49. The average molecular weight is 470 g/mol. The van der Waals surface area contributed by atoms with Gasteiger partial charge in [-0.25, -0.2) is 0 Å². The lowest BCUT2D eigenvalue weighted by Gasteiger charge is -2.20. The van der Waals surface area contributed by atoms with Gasteiger partial charge in [-0.2, -0.15) is 0 Å². The predicted octanol–water partition coefficient (Wildman–Crippen LogP) is 5.00. The minimum Gasteiger partial charge on any atom is -0.493 e. The molecule has 0 saturated carbocycles. The molecule has 0 N–H and O–H groups in total. The van der Waals surface area contributed by atoms with Crippen LogP contribution in [0.15, 0.2) is 48.5 Å². The zero-order valence-electron chi connectivity index (χ0n) is 18.6. The molecule has 7 nitrogen and oxygen atoms in total. The van der Waals surface area contributed by atoms with E-state index in [1.54, 1.807) is 56.9 Å². The van der Waals surface area contributed by atoms with E-state index in [0.29, 0.717) is 48.3 Å². The van der Waals surface area contributed by atoms with Gasteiger partial charge in [-0.05, 0) is 45.0 Å². The summed E-state index contributed by atoms with van der Waals surface area (Å²) in [6.07, 6.45) is 0.568. The molecule has 0 fully saturated rings. The van der Waals surface area contributed by atoms with Crippen molar-refractivity contribution in [3.05, 3.63) is 48.5 Å². The van der Waals surface area contributed by atoms with Gasteiger partial charge in [-0.1, -0.05) is 24.3 Å². The summed E-state index contributed by atoms with van der Waals surface area (Å²) in [5.41, 5.74) is 0. The minimum atomic E-state index is -3.45. The molecule has 2 aromatic rings. The fourth-order valence-electron chi connectivity index (χ4n) is 2.98. The van der Waals surface area contributed by atoms with Crippen molar-refractivity contribution in [2.75, 3.05) is 39.7 Å². The van der Waals surface area contributed by atoms with Gasteiger partial charge in [0.05, 0.1) is 38.3 Å². The van der Waals surface area contributed by atoms with Gasteiger partial charge < -0.3 is 23.0 Å². The van der Waals surface area contributed by atoms with Crippen molar-refractivity contribution in [2.24, 2.45) is 0 Å². The Morgan fingerprint density at radius 3 is 1.65 bits per heavy atom. The Morgan fingerprint density at radius 1 is 0.677 bits per heavy atom. The number of benzene rings is 2. The molecule has 2 rings (SSSR count). The lowest BCUT2D eigenvalue weighted by Crippen LogP contribution is -2.16. The third kappa shape index (κ3) is 7.20. The molecule has 0 amide bonds. The highest BCUT2D eigenvalue weighted by Gasteiger charge is 2.30. The third-order valence-corrected chi connectivity index (χ3v) is 8.39. The van der Waals surface area contributed by atoms with Crippen LogP contribution in [0.3, 0.4) is 0 Å². The molecule has 31 heavy (non-hydrogen) atoms. The Hall–Kier alpha value is -1.62. The zero-order valence-corrected chi connectivity index (χ0v) is 20.4. The van der Waals surface area contributed by atoms with Gasteiger partial charge in [0.2, 0.25) is 7.37 Å². The van der Waals surface area contributed by atoms with Gasteiger partial charge in [0, 0.05) is 13.1 Å². The van der Waals surface area contributed by atoms with Crippen LogP contribution in [-0.4, -0.2) is 39.7 Å². The second-order valence-corrected chi connectivity index (χ2v) is 11.0. The number of hydrogen-bond acceptors (Lipinski definition) is 7. The first kappa shape index (κ1) is 25.6. The summed E-state index contributed by atoms with van der Waals surface area (Å²) in [7, 11) is -6.39. The Labute approximate surface area is 185 Å². The van der Waals surface area contributed by atoms with Crippen molar-refractivity contribution < 1.29 is 32.2 Å². The van der Waals surface area contributed by atoms with Crippen LogP contribution in [0.25, 0.3) is 0 Å². The molecule has 0 heterocycles. The van der Waals surface area contributed by atoms with E-state index in [2.05, 4.69) is 0 Å². The van der Waals surface area contributed by atoms with E-state index in [9.17, 15) is 9.13 Å². The summed E-state index contributed by atoms with van der Waals surface area (Å²) in [6, 6.07) is 14.2. The molecular formula is C22H32O7P2. The van der Waals surface area contributed by atoms with Crippen LogP contribution < -0.4 is 20.1 Å². The van der Waals surface area contributed by atoms with Gasteiger partial charge in [-0.15, -0.1) is 0 Å². The Balaban J connectivity index is 1.99. The smallest absolute Gasteiger partial charge is 0.365 e. The van der Waals surface area contributed by atoms with Gasteiger partial charge >= 0.3 is 7.60 Å². The topological polar surface area (TPSA) is 80.3 Å². The third-order valence-electron chi connectivity index (χ3n) is 4.24. The van der Waals surface area contributed by atoms with Crippen LogP contribution in [0.4, 0.5) is 0 Å². The molecule has 2 aromatic carbocycles. The predicted molar refractivity (Wildman–Crippen MR) is 124 cm³/mol. The molecule has 0 radical (unpaired) electrons. The van der Waals surface area contributed by atoms with E-state index in [1.165, 1.54) is 0 Å². The zero-order chi connectivity index (χ0) is 22.7. The molecule has 9 heteroatoms. The summed E-state index contributed by atoms with van der Waals surface area (Å²) in [5.74, 6) is 1.00. The quantitative estimate of drug-likeness (QED) is 0.284. The molecule has 0 aliphatic carbocycles. The summed E-state index contributed by atoms with van der Waals surface area (Å²) < 4.78 is 53.9. The molecule has 0 aliphatic rings. The standard InChI is InChI=1S/C22H32O7P2/c1-5-27-30(4,23)21-15-10-8-13-19(21)25-17-12-18-26-20-14-9-11-16-22(20)31(24,28-6-2)29-7-3/h8-11,13-16H,5-7,12,17-18H2,1-4H3. The van der Waals surface area contributed by atoms with Gasteiger partial charge in [-0.3, -0.25) is 9.13 Å². The maximum Gasteiger partial charge on any atom is 0.365 e. The number of rotatable bonds is 14. The largest absolute Gasteiger partial charge is 0.493 e. The second kappa shape index (κ2) is 12.4. The van der Waals surface area contributed by atoms with E-state index < -0.39 is 15.0 Å². The van der Waals surface area contributed by atoms with Crippen LogP contribution in [0.5, 0.6) is 11.5 Å². The van der Waals surface area contributed by atoms with Crippen molar-refractivity contribution in [3.63, 3.8) is 0 Å². The van der Waals surface area contributed by atoms with Gasteiger partial charge in [0.1, 0.15) is 16.8 Å². The van der Waals surface area contributed by atoms with Crippen LogP contribution >= 0.6 is 15.0 Å². The van der Waals surface area contributed by atoms with E-state index in [4.69, 9.17) is 23.0 Å². The van der Waals surface area contributed by atoms with Crippen molar-refractivity contribution in [2.45, 2.75) is 27.2 Å². The molecule has 1 atom stereocenters. The van der Waals surface area contributed by atoms with Gasteiger partial charge in [0.25, 0.3) is 0 Å². The molecule has 1 unspecified atom stereocenters. The maximum atomic E-state index is 13.1. The average Bonchev–Trinajstić information content (AvgIpc) is 2.74. The minimum absolute atomic E-state index is 0.266. The monoisotopic (exact) mass is 470 g/mol. The van der Waals surface area contributed by atoms with Crippen LogP contribution in [0.1, 0.15) is 27.2 Å². The molecule has 0 aromatic heterocycles. The Bertz CT molecular complexity index is 906. The Morgan fingerprint density at radius 2 is 1.13 bits per heavy atom.